The van der Waals surface area contributed by atoms with Gasteiger partial charge in [-0.3, -0.25) is 9.36 Å². The molecule has 1 saturated heterocycles. The summed E-state index contributed by atoms with van der Waals surface area (Å²) < 4.78 is 20.5. The molecule has 0 spiro atoms. The van der Waals surface area contributed by atoms with E-state index >= 15 is 0 Å². The molecule has 5 nitrogen and oxygen atoms in total. The Morgan fingerprint density at radius 2 is 2.14 bits per heavy atom. The van der Waals surface area contributed by atoms with Crippen LogP contribution < -0.4 is 5.56 Å². The van der Waals surface area contributed by atoms with Gasteiger partial charge in [0.25, 0.3) is 5.56 Å². The first kappa shape index (κ1) is 20.9. The van der Waals surface area contributed by atoms with Crippen molar-refractivity contribution in [2.45, 2.75) is 38.6 Å². The third-order valence-electron chi connectivity index (χ3n) is 5.02. The molecule has 0 amide bonds. The van der Waals surface area contributed by atoms with Crippen LogP contribution >= 0.6 is 0 Å². The van der Waals surface area contributed by atoms with E-state index in [1.54, 1.807) is 23.9 Å². The topological polar surface area (TPSA) is 56.5 Å². The first-order valence-corrected chi connectivity index (χ1v) is 9.88. The van der Waals surface area contributed by atoms with Crippen LogP contribution in [0, 0.1) is 0 Å². The summed E-state index contributed by atoms with van der Waals surface area (Å²) in [4.78, 5) is 20.9. The van der Waals surface area contributed by atoms with Gasteiger partial charge >= 0.3 is 0 Å². The SMILES string of the molecule is C=C(CC/C=C(F)\N=C/C)c1ccccc1-c1cc(=O)n(C2CCOCC2)cn1. The number of rotatable bonds is 7. The highest BCUT2D eigenvalue weighted by molar-refractivity contribution is 5.78. The van der Waals surface area contributed by atoms with E-state index in [9.17, 15) is 9.18 Å². The van der Waals surface area contributed by atoms with Gasteiger partial charge in [-0.05, 0) is 49.8 Å². The summed E-state index contributed by atoms with van der Waals surface area (Å²) >= 11 is 0. The standard InChI is InChI=1S/C23H26FN3O2/c1-3-25-22(24)10-6-7-17(2)19-8-4-5-9-20(19)21-15-23(28)27(16-26-21)18-11-13-29-14-12-18/h3-5,8-10,15-16,18H,2,6-7,11-14H2,1H3/b22-10-,25-3-. The van der Waals surface area contributed by atoms with Gasteiger partial charge in [-0.25, -0.2) is 9.98 Å². The van der Waals surface area contributed by atoms with Crippen LogP contribution in [0.15, 0.2) is 65.1 Å². The number of benzene rings is 1. The highest BCUT2D eigenvalue weighted by atomic mass is 19.1. The molecule has 1 fully saturated rings. The Labute approximate surface area is 170 Å². The second-order valence-electron chi connectivity index (χ2n) is 6.97. The largest absolute Gasteiger partial charge is 0.381 e. The van der Waals surface area contributed by atoms with E-state index in [4.69, 9.17) is 4.74 Å². The summed E-state index contributed by atoms with van der Waals surface area (Å²) in [6, 6.07) is 9.43. The number of hydrogen-bond donors (Lipinski definition) is 0. The van der Waals surface area contributed by atoms with Gasteiger partial charge in [-0.1, -0.05) is 30.8 Å². The van der Waals surface area contributed by atoms with Crippen molar-refractivity contribution >= 4 is 11.8 Å². The fraction of sp³-hybridized carbons (Fsp3) is 0.348. The zero-order chi connectivity index (χ0) is 20.6. The smallest absolute Gasteiger partial charge is 0.254 e. The molecule has 0 radical (unpaired) electrons. The van der Waals surface area contributed by atoms with E-state index in [1.165, 1.54) is 12.3 Å². The lowest BCUT2D eigenvalue weighted by Crippen LogP contribution is -2.29. The second-order valence-corrected chi connectivity index (χ2v) is 6.97. The summed E-state index contributed by atoms with van der Waals surface area (Å²) in [7, 11) is 0. The van der Waals surface area contributed by atoms with Gasteiger partial charge < -0.3 is 4.74 Å². The van der Waals surface area contributed by atoms with Crippen LogP contribution in [-0.4, -0.2) is 29.0 Å². The summed E-state index contributed by atoms with van der Waals surface area (Å²) in [6.07, 6.45) is 7.22. The quantitative estimate of drug-likeness (QED) is 0.492. The van der Waals surface area contributed by atoms with Crippen molar-refractivity contribution in [2.24, 2.45) is 4.99 Å². The number of aromatic nitrogens is 2. The minimum absolute atomic E-state index is 0.0650. The van der Waals surface area contributed by atoms with Crippen LogP contribution in [0.3, 0.4) is 0 Å². The first-order valence-electron chi connectivity index (χ1n) is 9.88. The van der Waals surface area contributed by atoms with Gasteiger partial charge in [0.05, 0.1) is 12.0 Å². The van der Waals surface area contributed by atoms with Crippen molar-refractivity contribution in [1.82, 2.24) is 9.55 Å². The molecule has 0 aliphatic carbocycles. The molecule has 0 N–H and O–H groups in total. The summed E-state index contributed by atoms with van der Waals surface area (Å²) in [5.41, 5.74) is 3.18. The summed E-state index contributed by atoms with van der Waals surface area (Å²) in [5, 5.41) is 0. The van der Waals surface area contributed by atoms with E-state index in [1.807, 2.05) is 24.3 Å². The number of allylic oxidation sites excluding steroid dienone is 2. The monoisotopic (exact) mass is 395 g/mol. The molecule has 1 aromatic carbocycles. The lowest BCUT2D eigenvalue weighted by Gasteiger charge is -2.24. The van der Waals surface area contributed by atoms with E-state index in [2.05, 4.69) is 16.6 Å². The van der Waals surface area contributed by atoms with Crippen LogP contribution in [-0.2, 0) is 4.74 Å². The Kier molecular flexibility index (Phi) is 7.25. The number of aliphatic imine (C=N–C) groups is 1. The molecule has 152 valence electrons. The molecule has 2 heterocycles. The van der Waals surface area contributed by atoms with Crippen molar-refractivity contribution in [3.05, 3.63) is 71.2 Å². The Morgan fingerprint density at radius 3 is 2.86 bits per heavy atom. The maximum atomic E-state index is 13.4. The van der Waals surface area contributed by atoms with Gasteiger partial charge in [-0.2, -0.15) is 4.39 Å². The fourth-order valence-electron chi connectivity index (χ4n) is 3.49. The normalized spacial score (nSPS) is 15.7. The van der Waals surface area contributed by atoms with Crippen LogP contribution in [0.2, 0.25) is 0 Å². The van der Waals surface area contributed by atoms with Crippen LogP contribution in [0.25, 0.3) is 16.8 Å². The highest BCUT2D eigenvalue weighted by Gasteiger charge is 2.18. The molecule has 1 aromatic heterocycles. The molecule has 3 rings (SSSR count). The van der Waals surface area contributed by atoms with E-state index in [-0.39, 0.29) is 11.6 Å². The Morgan fingerprint density at radius 1 is 1.38 bits per heavy atom. The molecular weight excluding hydrogens is 369 g/mol. The lowest BCUT2D eigenvalue weighted by molar-refractivity contribution is 0.0684. The third kappa shape index (κ3) is 5.35. The third-order valence-corrected chi connectivity index (χ3v) is 5.02. The molecule has 1 aliphatic heterocycles. The molecule has 0 saturated carbocycles. The van der Waals surface area contributed by atoms with Gasteiger partial charge in [0.2, 0.25) is 5.95 Å². The summed E-state index contributed by atoms with van der Waals surface area (Å²) in [5.74, 6) is -0.494. The predicted molar refractivity (Wildman–Crippen MR) is 115 cm³/mol. The lowest BCUT2D eigenvalue weighted by atomic mass is 9.95. The van der Waals surface area contributed by atoms with Crippen LogP contribution in [0.5, 0.6) is 0 Å². The highest BCUT2D eigenvalue weighted by Crippen LogP contribution is 2.29. The number of ether oxygens (including phenoxy) is 1. The van der Waals surface area contributed by atoms with Gasteiger partial charge in [0, 0.05) is 37.1 Å². The Balaban J connectivity index is 1.81. The number of halogens is 1. The molecule has 1 aliphatic rings. The maximum Gasteiger partial charge on any atom is 0.254 e. The minimum atomic E-state index is -0.494. The van der Waals surface area contributed by atoms with Crippen molar-refractivity contribution in [1.29, 1.82) is 0 Å². The molecule has 6 heteroatoms. The molecule has 29 heavy (non-hydrogen) atoms. The van der Waals surface area contributed by atoms with Crippen molar-refractivity contribution < 1.29 is 9.13 Å². The first-order chi connectivity index (χ1) is 14.1. The van der Waals surface area contributed by atoms with Crippen molar-refractivity contribution in [3.63, 3.8) is 0 Å². The van der Waals surface area contributed by atoms with Gasteiger partial charge in [0.1, 0.15) is 0 Å². The maximum absolute atomic E-state index is 13.4. The van der Waals surface area contributed by atoms with E-state index < -0.39 is 5.95 Å². The van der Waals surface area contributed by atoms with Gasteiger partial charge in [-0.15, -0.1) is 0 Å². The Hall–Kier alpha value is -2.86. The van der Waals surface area contributed by atoms with Crippen molar-refractivity contribution in [2.75, 3.05) is 13.2 Å². The van der Waals surface area contributed by atoms with Crippen LogP contribution in [0.1, 0.15) is 44.2 Å². The zero-order valence-corrected chi connectivity index (χ0v) is 16.7. The zero-order valence-electron chi connectivity index (χ0n) is 16.7. The van der Waals surface area contributed by atoms with E-state index in [0.29, 0.717) is 31.7 Å². The van der Waals surface area contributed by atoms with Crippen molar-refractivity contribution in [3.8, 4) is 11.3 Å². The molecular formula is C23H26FN3O2. The molecule has 0 unspecified atom stereocenters. The average molecular weight is 395 g/mol. The number of nitrogens with zero attached hydrogens (tertiary/aromatic N) is 3. The molecule has 0 atom stereocenters. The predicted octanol–water partition coefficient (Wildman–Crippen LogP) is 4.96. The average Bonchev–Trinajstić information content (AvgIpc) is 2.74. The minimum Gasteiger partial charge on any atom is -0.381 e. The Bertz CT molecular complexity index is 972. The molecule has 0 bridgehead atoms. The summed E-state index contributed by atoms with van der Waals surface area (Å²) in [6.45, 7) is 7.16. The second kappa shape index (κ2) is 10.1. The molecule has 2 aromatic rings. The van der Waals surface area contributed by atoms with E-state index in [0.717, 1.165) is 29.5 Å². The fourth-order valence-corrected chi connectivity index (χ4v) is 3.49. The van der Waals surface area contributed by atoms with Gasteiger partial charge in [0.15, 0.2) is 0 Å². The number of hydrogen-bond acceptors (Lipinski definition) is 4. The van der Waals surface area contributed by atoms with Crippen LogP contribution in [0.4, 0.5) is 4.39 Å².